The number of aromatic nitrogens is 2. The number of nitrogens with one attached hydrogen (secondary N) is 3. The summed E-state index contributed by atoms with van der Waals surface area (Å²) in [7, 11) is 1.90. The average molecular weight is 366 g/mol. The second kappa shape index (κ2) is 8.69. The molecule has 0 aliphatic heterocycles. The fraction of sp³-hybridized carbons (Fsp3) is 0.200. The molecule has 0 saturated carbocycles. The number of hydrogen-bond donors (Lipinski definition) is 3. The van der Waals surface area contributed by atoms with Crippen LogP contribution in [0, 0.1) is 0 Å². The van der Waals surface area contributed by atoms with Crippen LogP contribution >= 0.6 is 11.9 Å². The van der Waals surface area contributed by atoms with Crippen LogP contribution in [0.25, 0.3) is 0 Å². The third kappa shape index (κ3) is 4.97. The molecule has 0 saturated heterocycles. The summed E-state index contributed by atoms with van der Waals surface area (Å²) in [6.45, 7) is 4.38. The summed E-state index contributed by atoms with van der Waals surface area (Å²) in [5.41, 5.74) is 3.31. The van der Waals surface area contributed by atoms with Gasteiger partial charge in [-0.25, -0.2) is 9.97 Å². The van der Waals surface area contributed by atoms with E-state index in [9.17, 15) is 0 Å². The van der Waals surface area contributed by atoms with E-state index in [4.69, 9.17) is 0 Å². The molecular formula is C20H23N5S. The van der Waals surface area contributed by atoms with Crippen molar-refractivity contribution >= 4 is 35.0 Å². The van der Waals surface area contributed by atoms with E-state index in [0.717, 1.165) is 27.9 Å². The summed E-state index contributed by atoms with van der Waals surface area (Å²) in [5, 5.41) is 6.64. The van der Waals surface area contributed by atoms with Gasteiger partial charge < -0.3 is 10.6 Å². The zero-order chi connectivity index (χ0) is 18.4. The third-order valence-electron chi connectivity index (χ3n) is 3.84. The fourth-order valence-electron chi connectivity index (χ4n) is 2.50. The molecule has 3 aromatic rings. The van der Waals surface area contributed by atoms with Gasteiger partial charge in [0, 0.05) is 22.3 Å². The molecule has 134 valence electrons. The molecule has 0 bridgehead atoms. The van der Waals surface area contributed by atoms with Gasteiger partial charge in [-0.05, 0) is 60.8 Å². The van der Waals surface area contributed by atoms with Gasteiger partial charge in [0.25, 0.3) is 0 Å². The van der Waals surface area contributed by atoms with Crippen molar-refractivity contribution in [2.75, 3.05) is 17.7 Å². The molecule has 0 aliphatic carbocycles. The van der Waals surface area contributed by atoms with E-state index >= 15 is 0 Å². The highest BCUT2D eigenvalue weighted by Crippen LogP contribution is 2.23. The van der Waals surface area contributed by atoms with Gasteiger partial charge in [-0.1, -0.05) is 32.0 Å². The SMILES string of the molecule is CNSc1cccc(Nc2cc(Nc3ccc(C(C)C)cc3)ncn2)c1. The largest absolute Gasteiger partial charge is 0.340 e. The molecule has 0 aliphatic rings. The summed E-state index contributed by atoms with van der Waals surface area (Å²) >= 11 is 1.57. The molecule has 26 heavy (non-hydrogen) atoms. The Morgan fingerprint density at radius 3 is 2.19 bits per heavy atom. The van der Waals surface area contributed by atoms with Crippen molar-refractivity contribution in [2.24, 2.45) is 0 Å². The first kappa shape index (κ1) is 18.2. The second-order valence-electron chi connectivity index (χ2n) is 6.15. The molecule has 3 N–H and O–H groups in total. The highest BCUT2D eigenvalue weighted by Gasteiger charge is 2.03. The first-order valence-corrected chi connectivity index (χ1v) is 9.35. The lowest BCUT2D eigenvalue weighted by atomic mass is 10.0. The fourth-order valence-corrected chi connectivity index (χ4v) is 3.06. The zero-order valence-corrected chi connectivity index (χ0v) is 16.0. The van der Waals surface area contributed by atoms with Crippen molar-refractivity contribution < 1.29 is 0 Å². The second-order valence-corrected chi connectivity index (χ2v) is 7.23. The monoisotopic (exact) mass is 365 g/mol. The number of nitrogens with zero attached hydrogens (tertiary/aromatic N) is 2. The van der Waals surface area contributed by atoms with Gasteiger partial charge in [-0.2, -0.15) is 0 Å². The Morgan fingerprint density at radius 1 is 0.846 bits per heavy atom. The van der Waals surface area contributed by atoms with Crippen LogP contribution in [0.5, 0.6) is 0 Å². The molecule has 0 atom stereocenters. The van der Waals surface area contributed by atoms with Gasteiger partial charge in [0.15, 0.2) is 0 Å². The first-order chi connectivity index (χ1) is 12.6. The molecule has 1 aromatic heterocycles. The van der Waals surface area contributed by atoms with Crippen LogP contribution < -0.4 is 15.4 Å². The highest BCUT2D eigenvalue weighted by atomic mass is 32.2. The van der Waals surface area contributed by atoms with Crippen molar-refractivity contribution in [2.45, 2.75) is 24.7 Å². The Morgan fingerprint density at radius 2 is 1.54 bits per heavy atom. The summed E-state index contributed by atoms with van der Waals surface area (Å²) in [6.07, 6.45) is 1.55. The quantitative estimate of drug-likeness (QED) is 0.493. The minimum atomic E-state index is 0.524. The average Bonchev–Trinajstić information content (AvgIpc) is 2.63. The van der Waals surface area contributed by atoms with Crippen LogP contribution in [0.1, 0.15) is 25.3 Å². The van der Waals surface area contributed by atoms with Gasteiger partial charge in [-0.3, -0.25) is 4.72 Å². The molecule has 0 radical (unpaired) electrons. The van der Waals surface area contributed by atoms with E-state index in [2.05, 4.69) is 75.6 Å². The van der Waals surface area contributed by atoms with Crippen LogP contribution in [-0.4, -0.2) is 17.0 Å². The van der Waals surface area contributed by atoms with Crippen molar-refractivity contribution in [3.8, 4) is 0 Å². The number of benzene rings is 2. The molecule has 1 heterocycles. The smallest absolute Gasteiger partial charge is 0.135 e. The van der Waals surface area contributed by atoms with Crippen molar-refractivity contribution in [3.05, 3.63) is 66.5 Å². The maximum absolute atomic E-state index is 4.30. The lowest BCUT2D eigenvalue weighted by Crippen LogP contribution is -1.99. The number of rotatable bonds is 7. The van der Waals surface area contributed by atoms with Crippen LogP contribution in [0.3, 0.4) is 0 Å². The topological polar surface area (TPSA) is 61.9 Å². The summed E-state index contributed by atoms with van der Waals surface area (Å²) in [4.78, 5) is 9.74. The van der Waals surface area contributed by atoms with E-state index < -0.39 is 0 Å². The Hall–Kier alpha value is -2.57. The van der Waals surface area contributed by atoms with Crippen molar-refractivity contribution in [3.63, 3.8) is 0 Å². The van der Waals surface area contributed by atoms with Crippen molar-refractivity contribution in [1.29, 1.82) is 0 Å². The molecule has 5 nitrogen and oxygen atoms in total. The Balaban J connectivity index is 1.71. The molecular weight excluding hydrogens is 342 g/mol. The van der Waals surface area contributed by atoms with Crippen molar-refractivity contribution in [1.82, 2.24) is 14.7 Å². The van der Waals surface area contributed by atoms with Crippen LogP contribution in [0.4, 0.5) is 23.0 Å². The number of anilines is 4. The lowest BCUT2D eigenvalue weighted by molar-refractivity contribution is 0.867. The Kier molecular flexibility index (Phi) is 6.09. The maximum Gasteiger partial charge on any atom is 0.135 e. The van der Waals surface area contributed by atoms with Gasteiger partial charge in [0.05, 0.1) is 0 Å². The zero-order valence-electron chi connectivity index (χ0n) is 15.2. The normalized spacial score (nSPS) is 10.8. The minimum Gasteiger partial charge on any atom is -0.340 e. The molecule has 0 unspecified atom stereocenters. The van der Waals surface area contributed by atoms with Gasteiger partial charge in [0.1, 0.15) is 18.0 Å². The standard InChI is InChI=1S/C20H23N5S/c1-14(2)15-7-9-16(10-8-15)24-19-12-20(23-13-22-19)25-17-5-4-6-18(11-17)26-21-3/h4-14,21H,1-3H3,(H2,22,23,24,25). The molecule has 0 amide bonds. The molecule has 0 spiro atoms. The van der Waals surface area contributed by atoms with E-state index in [-0.39, 0.29) is 0 Å². The minimum absolute atomic E-state index is 0.524. The van der Waals surface area contributed by atoms with E-state index in [0.29, 0.717) is 5.92 Å². The van der Waals surface area contributed by atoms with E-state index in [1.165, 1.54) is 5.56 Å². The first-order valence-electron chi connectivity index (χ1n) is 8.54. The van der Waals surface area contributed by atoms with Gasteiger partial charge in [0.2, 0.25) is 0 Å². The highest BCUT2D eigenvalue weighted by molar-refractivity contribution is 7.97. The maximum atomic E-state index is 4.30. The number of hydrogen-bond acceptors (Lipinski definition) is 6. The predicted octanol–water partition coefficient (Wildman–Crippen LogP) is 5.31. The van der Waals surface area contributed by atoms with Gasteiger partial charge in [-0.15, -0.1) is 0 Å². The van der Waals surface area contributed by atoms with Crippen LogP contribution in [0.15, 0.2) is 65.8 Å². The molecule has 0 fully saturated rings. The lowest BCUT2D eigenvalue weighted by Gasteiger charge is -2.11. The predicted molar refractivity (Wildman–Crippen MR) is 110 cm³/mol. The molecule has 2 aromatic carbocycles. The van der Waals surface area contributed by atoms with E-state index in [1.807, 2.05) is 25.2 Å². The van der Waals surface area contributed by atoms with Crippen LogP contribution in [0.2, 0.25) is 0 Å². The Labute approximate surface area is 158 Å². The summed E-state index contributed by atoms with van der Waals surface area (Å²) in [6, 6.07) is 18.5. The summed E-state index contributed by atoms with van der Waals surface area (Å²) in [5.74, 6) is 2.02. The summed E-state index contributed by atoms with van der Waals surface area (Å²) < 4.78 is 3.08. The van der Waals surface area contributed by atoms with E-state index in [1.54, 1.807) is 18.3 Å². The molecule has 6 heteroatoms. The third-order valence-corrected chi connectivity index (χ3v) is 4.54. The van der Waals surface area contributed by atoms with Crippen LogP contribution in [-0.2, 0) is 0 Å². The molecule has 3 rings (SSSR count). The Bertz CT molecular complexity index is 849. The van der Waals surface area contributed by atoms with Gasteiger partial charge >= 0.3 is 0 Å².